The van der Waals surface area contributed by atoms with Gasteiger partial charge in [0.25, 0.3) is 0 Å². The zero-order valence-electron chi connectivity index (χ0n) is 53.8. The molecule has 0 aliphatic heterocycles. The van der Waals surface area contributed by atoms with Crippen molar-refractivity contribution in [3.63, 3.8) is 0 Å². The van der Waals surface area contributed by atoms with E-state index in [9.17, 15) is 0 Å². The first kappa shape index (κ1) is 62.6. The van der Waals surface area contributed by atoms with Gasteiger partial charge in [0.15, 0.2) is 0 Å². The van der Waals surface area contributed by atoms with E-state index in [0.717, 1.165) is 67.0 Å². The van der Waals surface area contributed by atoms with Crippen LogP contribution in [0.25, 0.3) is 11.1 Å². The Morgan fingerprint density at radius 2 is 0.423 bits per heavy atom. The van der Waals surface area contributed by atoms with Crippen molar-refractivity contribution in [2.24, 2.45) is 0 Å². The van der Waals surface area contributed by atoms with Crippen LogP contribution in [0.15, 0.2) is 97.1 Å². The number of hydrogen-bond donors (Lipinski definition) is 0. The van der Waals surface area contributed by atoms with Crippen LogP contribution >= 0.6 is 16.8 Å². The molecule has 6 rings (SSSR count). The smallest absolute Gasteiger partial charge is 0.326 e. The predicted molar refractivity (Wildman–Crippen MR) is 342 cm³/mol. The average Bonchev–Trinajstić information content (AvgIpc) is 3.28. The molecule has 6 aromatic carbocycles. The monoisotopic (exact) mass is 1090 g/mol. The zero-order valence-corrected chi connectivity index (χ0v) is 55.6. The van der Waals surface area contributed by atoms with Gasteiger partial charge in [-0.25, -0.2) is 0 Å². The minimum absolute atomic E-state index is 0.0194. The molecular weight excluding hydrogens is 991 g/mol. The van der Waals surface area contributed by atoms with Gasteiger partial charge in [-0.2, -0.15) is 0 Å². The van der Waals surface area contributed by atoms with Crippen LogP contribution in [-0.4, -0.2) is 0 Å². The number of benzene rings is 6. The van der Waals surface area contributed by atoms with E-state index in [1.807, 2.05) is 0 Å². The van der Waals surface area contributed by atoms with Gasteiger partial charge in [-0.1, -0.05) is 239 Å². The van der Waals surface area contributed by atoms with Gasteiger partial charge in [-0.3, -0.25) is 0 Å². The van der Waals surface area contributed by atoms with Crippen LogP contribution in [-0.2, 0) is 43.3 Å². The second kappa shape index (κ2) is 22.0. The molecule has 422 valence electrons. The summed E-state index contributed by atoms with van der Waals surface area (Å²) in [5.74, 6) is 3.59. The maximum atomic E-state index is 7.40. The molecule has 0 N–H and O–H groups in total. The van der Waals surface area contributed by atoms with Crippen molar-refractivity contribution < 1.29 is 18.1 Å². The molecule has 6 aromatic rings. The molecule has 0 bridgehead atoms. The van der Waals surface area contributed by atoms with E-state index < -0.39 is 16.8 Å². The summed E-state index contributed by atoms with van der Waals surface area (Å²) in [7, 11) is -3.33. The van der Waals surface area contributed by atoms with Crippen molar-refractivity contribution in [1.29, 1.82) is 0 Å². The second-order valence-corrected chi connectivity index (χ2v) is 33.4. The Hall–Kier alpha value is -4.62. The van der Waals surface area contributed by atoms with Crippen molar-refractivity contribution in [2.45, 2.75) is 237 Å². The van der Waals surface area contributed by atoms with Crippen LogP contribution < -0.4 is 28.7 Å². The standard InChI is InChI=1S/C72H100O4P2/c1-45-37-51(65(5,6)7)41-57(69(17,18)19)61(45)73-77(74-62-46(2)38-52(66(8,9)10)42-58(62)70(20,21)22)55-33-29-49(30-34-55)50-31-35-56(36-32-50)78(75-63-47(3)39-53(67(11,12)13)43-59(63)71(23,24)25)76-64-48(4)40-54(68(14,15)16)44-60(64)72(26,27)28/h29-44H,1-28H3. The minimum atomic E-state index is -1.66. The van der Waals surface area contributed by atoms with Crippen molar-refractivity contribution in [3.05, 3.63) is 164 Å². The largest absolute Gasteiger partial charge is 0.435 e. The highest BCUT2D eigenvalue weighted by Crippen LogP contribution is 2.52. The molecule has 0 amide bonds. The van der Waals surface area contributed by atoms with Gasteiger partial charge in [0.05, 0.1) is 10.6 Å². The molecule has 0 spiro atoms. The Morgan fingerprint density at radius 3 is 0.577 bits per heavy atom. The first-order chi connectivity index (χ1) is 35.3. The van der Waals surface area contributed by atoms with E-state index in [4.69, 9.17) is 18.1 Å². The van der Waals surface area contributed by atoms with Gasteiger partial charge < -0.3 is 18.1 Å². The fourth-order valence-electron chi connectivity index (χ4n) is 9.67. The van der Waals surface area contributed by atoms with E-state index in [-0.39, 0.29) is 43.3 Å². The molecule has 0 radical (unpaired) electrons. The molecular formula is C72H100O4P2. The highest BCUT2D eigenvalue weighted by molar-refractivity contribution is 7.57. The molecule has 0 aromatic heterocycles. The SMILES string of the molecule is Cc1cc(C(C)(C)C)cc(C(C)(C)C)c1OP(Oc1c(C)cc(C(C)(C)C)cc1C(C)(C)C)c1ccc(-c2ccc(P(Oc3c(C)cc(C(C)(C)C)cc3C(C)(C)C)Oc3c(C)cc(C(C)(C)C)cc3C(C)(C)C)cc2)cc1. The Bertz CT molecular complexity index is 2720. The van der Waals surface area contributed by atoms with Gasteiger partial charge in [-0.15, -0.1) is 0 Å². The van der Waals surface area contributed by atoms with Gasteiger partial charge in [0, 0.05) is 22.3 Å². The quantitative estimate of drug-likeness (QED) is 0.121. The van der Waals surface area contributed by atoms with Crippen molar-refractivity contribution in [1.82, 2.24) is 0 Å². The summed E-state index contributed by atoms with van der Waals surface area (Å²) in [6, 6.07) is 36.3. The topological polar surface area (TPSA) is 36.9 Å². The molecule has 78 heavy (non-hydrogen) atoms. The number of aryl methyl sites for hydroxylation is 4. The van der Waals surface area contributed by atoms with Gasteiger partial charge in [-0.05, 0) is 151 Å². The molecule has 0 saturated carbocycles. The molecule has 0 saturated heterocycles. The summed E-state index contributed by atoms with van der Waals surface area (Å²) in [4.78, 5) is 0. The van der Waals surface area contributed by atoms with Crippen LogP contribution in [0.2, 0.25) is 0 Å². The lowest BCUT2D eigenvalue weighted by molar-refractivity contribution is 0.461. The lowest BCUT2D eigenvalue weighted by Gasteiger charge is -2.32. The first-order valence-corrected chi connectivity index (χ1v) is 30.9. The molecule has 0 fully saturated rings. The molecule has 6 heteroatoms. The van der Waals surface area contributed by atoms with Crippen LogP contribution in [0.4, 0.5) is 0 Å². The number of rotatable bonds is 11. The van der Waals surface area contributed by atoms with Gasteiger partial charge in [0.2, 0.25) is 0 Å². The third kappa shape index (κ3) is 14.6. The molecule has 0 aliphatic carbocycles. The Morgan fingerprint density at radius 1 is 0.244 bits per heavy atom. The lowest BCUT2D eigenvalue weighted by atomic mass is 9.79. The maximum absolute atomic E-state index is 7.40. The van der Waals surface area contributed by atoms with Gasteiger partial charge in [0.1, 0.15) is 23.0 Å². The first-order valence-electron chi connectivity index (χ1n) is 28.5. The highest BCUT2D eigenvalue weighted by atomic mass is 31.2. The van der Waals surface area contributed by atoms with Crippen LogP contribution in [0.5, 0.6) is 23.0 Å². The highest BCUT2D eigenvalue weighted by Gasteiger charge is 2.35. The number of hydrogen-bond acceptors (Lipinski definition) is 4. The third-order valence-electron chi connectivity index (χ3n) is 15.0. The second-order valence-electron chi connectivity index (χ2n) is 30.7. The predicted octanol–water partition coefficient (Wildman–Crippen LogP) is 21.2. The summed E-state index contributed by atoms with van der Waals surface area (Å²) in [6.45, 7) is 63.5. The van der Waals surface area contributed by atoms with Gasteiger partial charge >= 0.3 is 16.8 Å². The molecule has 0 heterocycles. The Labute approximate surface area is 478 Å². The summed E-state index contributed by atoms with van der Waals surface area (Å²) >= 11 is 0. The normalized spacial score (nSPS) is 13.4. The van der Waals surface area contributed by atoms with Crippen LogP contribution in [0.1, 0.15) is 233 Å². The zero-order chi connectivity index (χ0) is 58.8. The molecule has 0 atom stereocenters. The lowest BCUT2D eigenvalue weighted by Crippen LogP contribution is -2.21. The summed E-state index contributed by atoms with van der Waals surface area (Å²) in [6.07, 6.45) is 0. The average molecular weight is 1090 g/mol. The fourth-order valence-corrected chi connectivity index (χ4v) is 12.6. The Kier molecular flexibility index (Phi) is 17.7. The summed E-state index contributed by atoms with van der Waals surface area (Å²) < 4.78 is 29.6. The Balaban J connectivity index is 1.49. The van der Waals surface area contributed by atoms with Crippen molar-refractivity contribution >= 4 is 27.4 Å². The van der Waals surface area contributed by atoms with Crippen molar-refractivity contribution in [3.8, 4) is 34.1 Å². The molecule has 4 nitrogen and oxygen atoms in total. The molecule has 0 unspecified atom stereocenters. The van der Waals surface area contributed by atoms with Crippen LogP contribution in [0.3, 0.4) is 0 Å². The minimum Gasteiger partial charge on any atom is -0.435 e. The third-order valence-corrected chi connectivity index (χ3v) is 17.8. The van der Waals surface area contributed by atoms with E-state index >= 15 is 0 Å². The van der Waals surface area contributed by atoms with E-state index in [1.165, 1.54) is 44.5 Å². The van der Waals surface area contributed by atoms with E-state index in [2.05, 4.69) is 291 Å². The van der Waals surface area contributed by atoms with Crippen molar-refractivity contribution in [2.75, 3.05) is 0 Å². The molecule has 0 aliphatic rings. The van der Waals surface area contributed by atoms with Crippen LogP contribution in [0, 0.1) is 27.7 Å². The summed E-state index contributed by atoms with van der Waals surface area (Å²) in [5.41, 5.74) is 15.8. The van der Waals surface area contributed by atoms with E-state index in [0.29, 0.717) is 0 Å². The van der Waals surface area contributed by atoms with E-state index in [1.54, 1.807) is 0 Å². The fraction of sp³-hybridized carbons (Fsp3) is 0.500. The maximum Gasteiger partial charge on any atom is 0.326 e. The summed E-state index contributed by atoms with van der Waals surface area (Å²) in [5, 5.41) is 2.00.